The summed E-state index contributed by atoms with van der Waals surface area (Å²) in [5.41, 5.74) is 0.785. The molecule has 0 heterocycles. The molecule has 4 aliphatic carbocycles. The zero-order valence-electron chi connectivity index (χ0n) is 20.7. The smallest absolute Gasteiger partial charge is 0.263 e. The SMILES string of the molecule is CC(C)CCC[C@@H](C)[C@@H]1CC[C@@H]2[C@@H]3CC[C@H]4C[C@](Cl)([N+](=O)[O-])CC[C@]4(C)[C@H]3CC[C@@]21C. The van der Waals surface area contributed by atoms with Crippen molar-refractivity contribution in [3.8, 4) is 0 Å². The molecule has 0 bridgehead atoms. The van der Waals surface area contributed by atoms with Crippen LogP contribution in [0.1, 0.15) is 112 Å². The van der Waals surface area contributed by atoms with Gasteiger partial charge in [-0.05, 0) is 109 Å². The molecule has 9 atom stereocenters. The molecule has 0 amide bonds. The maximum Gasteiger partial charge on any atom is 0.295 e. The van der Waals surface area contributed by atoms with Crippen LogP contribution in [-0.4, -0.2) is 9.92 Å². The van der Waals surface area contributed by atoms with Gasteiger partial charge in [-0.1, -0.05) is 53.9 Å². The lowest BCUT2D eigenvalue weighted by Gasteiger charge is -2.61. The number of nitro groups is 1. The van der Waals surface area contributed by atoms with E-state index in [9.17, 15) is 10.1 Å². The van der Waals surface area contributed by atoms with Crippen LogP contribution in [0.5, 0.6) is 0 Å². The summed E-state index contributed by atoms with van der Waals surface area (Å²) in [6.45, 7) is 12.4. The third-order valence-electron chi connectivity index (χ3n) is 11.2. The summed E-state index contributed by atoms with van der Waals surface area (Å²) in [5, 5.41) is 11.6. The lowest BCUT2D eigenvalue weighted by atomic mass is 9.44. The predicted octanol–water partition coefficient (Wildman–Crippen LogP) is 8.32. The molecule has 0 spiro atoms. The largest absolute Gasteiger partial charge is 0.295 e. The van der Waals surface area contributed by atoms with E-state index in [1.165, 1.54) is 51.4 Å². The summed E-state index contributed by atoms with van der Waals surface area (Å²) in [7, 11) is 0. The van der Waals surface area contributed by atoms with Crippen LogP contribution in [0.25, 0.3) is 0 Å². The molecule has 0 N–H and O–H groups in total. The first-order valence-electron chi connectivity index (χ1n) is 13.3. The van der Waals surface area contributed by atoms with Gasteiger partial charge in [0, 0.05) is 17.8 Å². The van der Waals surface area contributed by atoms with Gasteiger partial charge in [-0.15, -0.1) is 0 Å². The Kier molecular flexibility index (Phi) is 6.52. The van der Waals surface area contributed by atoms with E-state index >= 15 is 0 Å². The van der Waals surface area contributed by atoms with Gasteiger partial charge < -0.3 is 0 Å². The van der Waals surface area contributed by atoms with Crippen LogP contribution >= 0.6 is 11.6 Å². The fourth-order valence-electron chi connectivity index (χ4n) is 9.39. The fraction of sp³-hybridized carbons (Fsp3) is 1.00. The van der Waals surface area contributed by atoms with E-state index in [4.69, 9.17) is 11.6 Å². The van der Waals surface area contributed by atoms with Gasteiger partial charge in [-0.25, -0.2) is 0 Å². The molecule has 4 rings (SSSR count). The molecule has 4 saturated carbocycles. The Morgan fingerprint density at radius 3 is 2.32 bits per heavy atom. The van der Waals surface area contributed by atoms with Crippen LogP contribution in [0.2, 0.25) is 0 Å². The van der Waals surface area contributed by atoms with Crippen molar-refractivity contribution in [1.82, 2.24) is 0 Å². The molecule has 0 unspecified atom stereocenters. The molecule has 178 valence electrons. The zero-order chi connectivity index (χ0) is 22.6. The molecule has 0 saturated heterocycles. The Bertz CT molecular complexity index is 682. The third-order valence-corrected chi connectivity index (χ3v) is 11.7. The molecule has 0 aromatic rings. The van der Waals surface area contributed by atoms with Crippen LogP contribution in [0.4, 0.5) is 0 Å². The quantitative estimate of drug-likeness (QED) is 0.176. The minimum absolute atomic E-state index is 0.194. The highest BCUT2D eigenvalue weighted by Gasteiger charge is 2.63. The minimum Gasteiger partial charge on any atom is -0.263 e. The van der Waals surface area contributed by atoms with Gasteiger partial charge in [-0.3, -0.25) is 10.1 Å². The van der Waals surface area contributed by atoms with Gasteiger partial charge in [0.25, 0.3) is 5.00 Å². The Morgan fingerprint density at radius 2 is 1.65 bits per heavy atom. The second-order valence-electron chi connectivity index (χ2n) is 13.1. The second kappa shape index (κ2) is 8.48. The van der Waals surface area contributed by atoms with Gasteiger partial charge >= 0.3 is 0 Å². The number of rotatable bonds is 6. The Labute approximate surface area is 195 Å². The topological polar surface area (TPSA) is 43.1 Å². The van der Waals surface area contributed by atoms with Gasteiger partial charge in [0.1, 0.15) is 0 Å². The van der Waals surface area contributed by atoms with Crippen LogP contribution < -0.4 is 0 Å². The van der Waals surface area contributed by atoms with E-state index in [0.29, 0.717) is 24.2 Å². The van der Waals surface area contributed by atoms with E-state index in [1.54, 1.807) is 0 Å². The van der Waals surface area contributed by atoms with Gasteiger partial charge in [0.15, 0.2) is 0 Å². The first kappa shape index (κ1) is 23.8. The molecule has 0 aromatic heterocycles. The van der Waals surface area contributed by atoms with Crippen molar-refractivity contribution in [3.63, 3.8) is 0 Å². The van der Waals surface area contributed by atoms with E-state index in [1.807, 2.05) is 0 Å². The summed E-state index contributed by atoms with van der Waals surface area (Å²) in [6.07, 6.45) is 14.2. The standard InChI is InChI=1S/C27H46ClNO2/c1-18(2)7-6-8-19(3)22-11-12-23-21-10-9-20-17-27(28,29(30)31)16-15-25(20,4)24(21)13-14-26(22,23)5/h18-24H,6-17H2,1-5H3/t19-,20+,21+,22+,23-,24+,25+,26-,27-/m1/s1. The zero-order valence-corrected chi connectivity index (χ0v) is 21.4. The number of hydrogen-bond donors (Lipinski definition) is 0. The van der Waals surface area contributed by atoms with Crippen LogP contribution in [-0.2, 0) is 0 Å². The van der Waals surface area contributed by atoms with Crippen LogP contribution in [0.15, 0.2) is 0 Å². The van der Waals surface area contributed by atoms with Crippen molar-refractivity contribution >= 4 is 11.6 Å². The molecule has 0 radical (unpaired) electrons. The summed E-state index contributed by atoms with van der Waals surface area (Å²) >= 11 is 6.49. The average molecular weight is 452 g/mol. The third kappa shape index (κ3) is 3.97. The van der Waals surface area contributed by atoms with Gasteiger partial charge in [-0.2, -0.15) is 0 Å². The Morgan fingerprint density at radius 1 is 0.935 bits per heavy atom. The Balaban J connectivity index is 1.47. The summed E-state index contributed by atoms with van der Waals surface area (Å²) < 4.78 is 0. The van der Waals surface area contributed by atoms with E-state index in [0.717, 1.165) is 48.3 Å². The van der Waals surface area contributed by atoms with Crippen molar-refractivity contribution in [1.29, 1.82) is 0 Å². The first-order chi connectivity index (χ1) is 14.5. The normalized spacial score (nSPS) is 48.0. The highest BCUT2D eigenvalue weighted by molar-refractivity contribution is 6.22. The van der Waals surface area contributed by atoms with Crippen LogP contribution in [0.3, 0.4) is 0 Å². The van der Waals surface area contributed by atoms with E-state index < -0.39 is 5.00 Å². The molecular weight excluding hydrogens is 406 g/mol. The lowest BCUT2D eigenvalue weighted by Crippen LogP contribution is -2.56. The van der Waals surface area contributed by atoms with E-state index in [-0.39, 0.29) is 10.3 Å². The second-order valence-corrected chi connectivity index (χ2v) is 13.8. The summed E-state index contributed by atoms with van der Waals surface area (Å²) in [5.74, 6) is 5.47. The highest BCUT2D eigenvalue weighted by atomic mass is 35.5. The maximum atomic E-state index is 11.6. The molecule has 4 heteroatoms. The maximum absolute atomic E-state index is 11.6. The molecule has 4 fully saturated rings. The number of nitrogens with zero attached hydrogens (tertiary/aromatic N) is 1. The Hall–Kier alpha value is -0.310. The van der Waals surface area contributed by atoms with Gasteiger partial charge in [0.2, 0.25) is 0 Å². The molecule has 4 aliphatic rings. The highest BCUT2D eigenvalue weighted by Crippen LogP contribution is 2.69. The van der Waals surface area contributed by atoms with Crippen LogP contribution in [0, 0.1) is 62.4 Å². The van der Waals surface area contributed by atoms with Crippen molar-refractivity contribution < 1.29 is 4.92 Å². The van der Waals surface area contributed by atoms with Crippen molar-refractivity contribution in [2.45, 2.75) is 117 Å². The number of hydrogen-bond acceptors (Lipinski definition) is 2. The molecule has 0 aliphatic heterocycles. The van der Waals surface area contributed by atoms with Crippen molar-refractivity contribution in [2.24, 2.45) is 52.3 Å². The monoisotopic (exact) mass is 451 g/mol. The molecule has 3 nitrogen and oxygen atoms in total. The summed E-state index contributed by atoms with van der Waals surface area (Å²) in [6, 6.07) is 0. The minimum atomic E-state index is -1.20. The number of halogens is 1. The first-order valence-corrected chi connectivity index (χ1v) is 13.7. The van der Waals surface area contributed by atoms with Gasteiger partial charge in [0.05, 0.1) is 0 Å². The van der Waals surface area contributed by atoms with Crippen molar-refractivity contribution in [3.05, 3.63) is 10.1 Å². The summed E-state index contributed by atoms with van der Waals surface area (Å²) in [4.78, 5) is 10.2. The predicted molar refractivity (Wildman–Crippen MR) is 129 cm³/mol. The fourth-order valence-corrected chi connectivity index (χ4v) is 9.67. The van der Waals surface area contributed by atoms with Crippen molar-refractivity contribution in [2.75, 3.05) is 0 Å². The average Bonchev–Trinajstić information content (AvgIpc) is 3.05. The number of alkyl halides is 1. The molecular formula is C27H46ClNO2. The molecule has 0 aromatic carbocycles. The molecule has 31 heavy (non-hydrogen) atoms. The number of fused-ring (bicyclic) bond motifs is 5. The lowest BCUT2D eigenvalue weighted by molar-refractivity contribution is -0.550. The van der Waals surface area contributed by atoms with E-state index in [2.05, 4.69) is 34.6 Å².